The average molecular weight is 342 g/mol. The molecule has 3 nitrogen and oxygen atoms in total. The van der Waals surface area contributed by atoms with Gasteiger partial charge in [0.2, 0.25) is 5.88 Å². The quantitative estimate of drug-likeness (QED) is 0.722. The molecule has 0 fully saturated rings. The van der Waals surface area contributed by atoms with Gasteiger partial charge >= 0.3 is 0 Å². The summed E-state index contributed by atoms with van der Waals surface area (Å²) in [4.78, 5) is 8.62. The third-order valence-corrected chi connectivity index (χ3v) is 3.10. The molecule has 0 amide bonds. The molecule has 2 rings (SSSR count). The number of aromatic nitrogens is 2. The first-order valence-corrected chi connectivity index (χ1v) is 7.00. The van der Waals surface area contributed by atoms with Crippen molar-refractivity contribution in [3.05, 3.63) is 45.8 Å². The van der Waals surface area contributed by atoms with Crippen molar-refractivity contribution in [3.63, 3.8) is 0 Å². The smallest absolute Gasteiger partial charge is 0.224 e. The SMILES string of the molecule is CC(C)(C)c1nc(Cl)cc(Oc2ccc(Br)cc2)n1. The first kappa shape index (κ1) is 14.3. The summed E-state index contributed by atoms with van der Waals surface area (Å²) in [5, 5.41) is 0.382. The molecule has 1 heterocycles. The summed E-state index contributed by atoms with van der Waals surface area (Å²) in [5.74, 6) is 1.82. The predicted molar refractivity (Wildman–Crippen MR) is 80.0 cm³/mol. The third-order valence-electron chi connectivity index (χ3n) is 2.38. The number of benzene rings is 1. The van der Waals surface area contributed by atoms with Crippen molar-refractivity contribution in [3.8, 4) is 11.6 Å². The van der Waals surface area contributed by atoms with Gasteiger partial charge in [-0.05, 0) is 24.3 Å². The van der Waals surface area contributed by atoms with E-state index in [-0.39, 0.29) is 5.41 Å². The first-order valence-electron chi connectivity index (χ1n) is 5.83. The van der Waals surface area contributed by atoms with Crippen molar-refractivity contribution in [2.45, 2.75) is 26.2 Å². The average Bonchev–Trinajstić information content (AvgIpc) is 2.30. The van der Waals surface area contributed by atoms with Crippen LogP contribution in [0.15, 0.2) is 34.8 Å². The van der Waals surface area contributed by atoms with Crippen molar-refractivity contribution in [2.24, 2.45) is 0 Å². The van der Waals surface area contributed by atoms with E-state index in [1.54, 1.807) is 6.07 Å². The zero-order chi connectivity index (χ0) is 14.0. The molecule has 0 aliphatic carbocycles. The molecule has 0 aliphatic rings. The highest BCUT2D eigenvalue weighted by molar-refractivity contribution is 9.10. The molecule has 0 atom stereocenters. The maximum absolute atomic E-state index is 6.01. The topological polar surface area (TPSA) is 35.0 Å². The molecule has 0 bridgehead atoms. The summed E-state index contributed by atoms with van der Waals surface area (Å²) in [6.07, 6.45) is 0. The van der Waals surface area contributed by atoms with Crippen LogP contribution in [0, 0.1) is 0 Å². The molecular formula is C14H14BrClN2O. The summed E-state index contributed by atoms with van der Waals surface area (Å²) >= 11 is 9.39. The number of hydrogen-bond acceptors (Lipinski definition) is 3. The summed E-state index contributed by atoms with van der Waals surface area (Å²) in [6.45, 7) is 6.09. The Morgan fingerprint density at radius 1 is 1.11 bits per heavy atom. The van der Waals surface area contributed by atoms with Crippen LogP contribution in [0.25, 0.3) is 0 Å². The van der Waals surface area contributed by atoms with E-state index in [1.807, 2.05) is 45.0 Å². The lowest BCUT2D eigenvalue weighted by Crippen LogP contribution is -2.16. The largest absolute Gasteiger partial charge is 0.439 e. The zero-order valence-corrected chi connectivity index (χ0v) is 13.3. The van der Waals surface area contributed by atoms with Crippen LogP contribution in [0.2, 0.25) is 5.15 Å². The number of ether oxygens (including phenoxy) is 1. The van der Waals surface area contributed by atoms with Crippen molar-refractivity contribution in [1.29, 1.82) is 0 Å². The third kappa shape index (κ3) is 3.91. The highest BCUT2D eigenvalue weighted by atomic mass is 79.9. The highest BCUT2D eigenvalue weighted by Crippen LogP contribution is 2.27. The van der Waals surface area contributed by atoms with Gasteiger partial charge in [0.15, 0.2) is 0 Å². The van der Waals surface area contributed by atoms with Crippen LogP contribution in [0.4, 0.5) is 0 Å². The van der Waals surface area contributed by atoms with Crippen LogP contribution < -0.4 is 4.74 Å². The van der Waals surface area contributed by atoms with Crippen molar-refractivity contribution in [2.75, 3.05) is 0 Å². The van der Waals surface area contributed by atoms with Gasteiger partial charge in [-0.1, -0.05) is 48.3 Å². The van der Waals surface area contributed by atoms with Crippen LogP contribution in [0.3, 0.4) is 0 Å². The van der Waals surface area contributed by atoms with E-state index in [4.69, 9.17) is 16.3 Å². The van der Waals surface area contributed by atoms with Gasteiger partial charge in [-0.15, -0.1) is 0 Å². The minimum atomic E-state index is -0.178. The number of halogens is 2. The van der Waals surface area contributed by atoms with Crippen molar-refractivity contribution < 1.29 is 4.74 Å². The van der Waals surface area contributed by atoms with Gasteiger partial charge in [0, 0.05) is 16.0 Å². The second kappa shape index (κ2) is 5.47. The Labute approximate surface area is 126 Å². The first-order chi connectivity index (χ1) is 8.84. The number of rotatable bonds is 2. The molecule has 2 aromatic rings. The van der Waals surface area contributed by atoms with E-state index in [0.29, 0.717) is 22.6 Å². The van der Waals surface area contributed by atoms with Gasteiger partial charge in [0.1, 0.15) is 16.7 Å². The molecule has 0 aliphatic heterocycles. The molecule has 19 heavy (non-hydrogen) atoms. The fraction of sp³-hybridized carbons (Fsp3) is 0.286. The fourth-order valence-electron chi connectivity index (χ4n) is 1.41. The van der Waals surface area contributed by atoms with E-state index < -0.39 is 0 Å². The molecule has 0 saturated carbocycles. The Morgan fingerprint density at radius 2 is 1.74 bits per heavy atom. The van der Waals surface area contributed by atoms with Crippen LogP contribution in [0.5, 0.6) is 11.6 Å². The lowest BCUT2D eigenvalue weighted by molar-refractivity contribution is 0.446. The van der Waals surface area contributed by atoms with Gasteiger partial charge in [0.25, 0.3) is 0 Å². The minimum Gasteiger partial charge on any atom is -0.439 e. The molecule has 0 saturated heterocycles. The maximum Gasteiger partial charge on any atom is 0.224 e. The van der Waals surface area contributed by atoms with Gasteiger partial charge in [-0.3, -0.25) is 0 Å². The monoisotopic (exact) mass is 340 g/mol. The molecule has 1 aromatic heterocycles. The summed E-state index contributed by atoms with van der Waals surface area (Å²) < 4.78 is 6.69. The number of hydrogen-bond donors (Lipinski definition) is 0. The zero-order valence-electron chi connectivity index (χ0n) is 10.9. The van der Waals surface area contributed by atoms with Crippen LogP contribution >= 0.6 is 27.5 Å². The molecular weight excluding hydrogens is 328 g/mol. The van der Waals surface area contributed by atoms with Crippen LogP contribution in [-0.4, -0.2) is 9.97 Å². The maximum atomic E-state index is 6.01. The second-order valence-corrected chi connectivity index (χ2v) is 6.46. The van der Waals surface area contributed by atoms with Gasteiger partial charge < -0.3 is 4.74 Å². The Kier molecular flexibility index (Phi) is 4.11. The normalized spacial score (nSPS) is 11.4. The van der Waals surface area contributed by atoms with E-state index in [1.165, 1.54) is 0 Å². The molecule has 0 radical (unpaired) electrons. The predicted octanol–water partition coefficient (Wildman–Crippen LogP) is 4.98. The van der Waals surface area contributed by atoms with Crippen molar-refractivity contribution in [1.82, 2.24) is 9.97 Å². The summed E-state index contributed by atoms with van der Waals surface area (Å²) in [7, 11) is 0. The Morgan fingerprint density at radius 3 is 2.32 bits per heavy atom. The molecule has 1 aromatic carbocycles. The number of nitrogens with zero attached hydrogens (tertiary/aromatic N) is 2. The van der Waals surface area contributed by atoms with E-state index >= 15 is 0 Å². The van der Waals surface area contributed by atoms with Crippen molar-refractivity contribution >= 4 is 27.5 Å². The lowest BCUT2D eigenvalue weighted by atomic mass is 9.96. The van der Waals surface area contributed by atoms with E-state index in [0.717, 1.165) is 4.47 Å². The van der Waals surface area contributed by atoms with Crippen LogP contribution in [0.1, 0.15) is 26.6 Å². The fourth-order valence-corrected chi connectivity index (χ4v) is 1.85. The van der Waals surface area contributed by atoms with E-state index in [2.05, 4.69) is 25.9 Å². The molecule has 5 heteroatoms. The molecule has 100 valence electrons. The molecule has 0 N–H and O–H groups in total. The Bertz CT molecular complexity index is 579. The summed E-state index contributed by atoms with van der Waals surface area (Å²) in [6, 6.07) is 9.14. The van der Waals surface area contributed by atoms with Gasteiger partial charge in [0.05, 0.1) is 0 Å². The lowest BCUT2D eigenvalue weighted by Gasteiger charge is -2.17. The van der Waals surface area contributed by atoms with Gasteiger partial charge in [-0.25, -0.2) is 4.98 Å². The second-order valence-electron chi connectivity index (χ2n) is 5.16. The standard InChI is InChI=1S/C14H14BrClN2O/c1-14(2,3)13-17-11(16)8-12(18-13)19-10-6-4-9(15)5-7-10/h4-8H,1-3H3. The van der Waals surface area contributed by atoms with E-state index in [9.17, 15) is 0 Å². The highest BCUT2D eigenvalue weighted by Gasteiger charge is 2.19. The van der Waals surface area contributed by atoms with Crippen LogP contribution in [-0.2, 0) is 5.41 Å². The Hall–Kier alpha value is -1.13. The summed E-state index contributed by atoms with van der Waals surface area (Å²) in [5.41, 5.74) is -0.178. The molecule has 0 unspecified atom stereocenters. The molecule has 0 spiro atoms. The van der Waals surface area contributed by atoms with Gasteiger partial charge in [-0.2, -0.15) is 4.98 Å². The minimum absolute atomic E-state index is 0.178. The Balaban J connectivity index is 2.30.